The summed E-state index contributed by atoms with van der Waals surface area (Å²) in [6.45, 7) is 0.468. The van der Waals surface area contributed by atoms with Crippen molar-refractivity contribution in [3.05, 3.63) is 107 Å². The van der Waals surface area contributed by atoms with Crippen LogP contribution in [-0.2, 0) is 11.3 Å². The van der Waals surface area contributed by atoms with Crippen LogP contribution >= 0.6 is 0 Å². The lowest BCUT2D eigenvalue weighted by Crippen LogP contribution is -2.25. The Kier molecular flexibility index (Phi) is 5.16. The second kappa shape index (κ2) is 8.07. The highest BCUT2D eigenvalue weighted by Gasteiger charge is 2.29. The van der Waals surface area contributed by atoms with E-state index in [1.165, 1.54) is 0 Å². The molecule has 0 spiro atoms. The third-order valence-corrected chi connectivity index (χ3v) is 4.89. The Hall–Kier alpha value is -3.79. The summed E-state index contributed by atoms with van der Waals surface area (Å²) in [4.78, 5) is 15.0. The van der Waals surface area contributed by atoms with Crippen molar-refractivity contribution >= 4 is 17.7 Å². The fourth-order valence-corrected chi connectivity index (χ4v) is 3.36. The number of para-hydroxylation sites is 1. The standard InChI is InChI=1S/C25H21NO3/c1-29-22-13-11-19(12-14-22)23-16-21(15-20-9-5-6-10-24(20)27)25(28)26(23)17-18-7-3-2-4-8-18/h2-16,27H,17H2,1H3/b21-15+. The number of nitrogens with zero attached hydrogens (tertiary/aromatic N) is 1. The van der Waals surface area contributed by atoms with Crippen LogP contribution in [0.25, 0.3) is 11.8 Å². The van der Waals surface area contributed by atoms with E-state index in [2.05, 4.69) is 0 Å². The van der Waals surface area contributed by atoms with Gasteiger partial charge in [-0.15, -0.1) is 0 Å². The maximum absolute atomic E-state index is 13.2. The van der Waals surface area contributed by atoms with E-state index in [1.54, 1.807) is 36.3 Å². The van der Waals surface area contributed by atoms with Crippen molar-refractivity contribution in [3.8, 4) is 11.5 Å². The molecule has 0 saturated heterocycles. The van der Waals surface area contributed by atoms with Crippen molar-refractivity contribution in [3.63, 3.8) is 0 Å². The number of benzene rings is 3. The van der Waals surface area contributed by atoms with Crippen molar-refractivity contribution in [1.82, 2.24) is 4.90 Å². The zero-order chi connectivity index (χ0) is 20.2. The molecule has 29 heavy (non-hydrogen) atoms. The fraction of sp³-hybridized carbons (Fsp3) is 0.0800. The molecule has 1 amide bonds. The van der Waals surface area contributed by atoms with E-state index in [4.69, 9.17) is 4.74 Å². The average Bonchev–Trinajstić information content (AvgIpc) is 3.06. The summed E-state index contributed by atoms with van der Waals surface area (Å²) in [5.74, 6) is 0.815. The van der Waals surface area contributed by atoms with Gasteiger partial charge < -0.3 is 14.7 Å². The zero-order valence-corrected chi connectivity index (χ0v) is 16.1. The average molecular weight is 383 g/mol. The molecule has 3 aromatic rings. The summed E-state index contributed by atoms with van der Waals surface area (Å²) in [7, 11) is 1.63. The van der Waals surface area contributed by atoms with Gasteiger partial charge in [0.15, 0.2) is 0 Å². The number of methoxy groups -OCH3 is 1. The van der Waals surface area contributed by atoms with Crippen molar-refractivity contribution in [2.75, 3.05) is 7.11 Å². The molecule has 0 fully saturated rings. The van der Waals surface area contributed by atoms with Crippen molar-refractivity contribution in [2.24, 2.45) is 0 Å². The summed E-state index contributed by atoms with van der Waals surface area (Å²) < 4.78 is 5.25. The number of hydrogen-bond acceptors (Lipinski definition) is 3. The molecule has 0 bridgehead atoms. The molecule has 1 aliphatic rings. The van der Waals surface area contributed by atoms with Gasteiger partial charge in [0.25, 0.3) is 5.91 Å². The number of ether oxygens (including phenoxy) is 1. The second-order valence-corrected chi connectivity index (χ2v) is 6.79. The van der Waals surface area contributed by atoms with Crippen LogP contribution in [0.2, 0.25) is 0 Å². The summed E-state index contributed by atoms with van der Waals surface area (Å²) >= 11 is 0. The van der Waals surface area contributed by atoms with E-state index >= 15 is 0 Å². The molecule has 1 heterocycles. The number of aromatic hydroxyl groups is 1. The monoisotopic (exact) mass is 383 g/mol. The Morgan fingerprint density at radius 1 is 0.931 bits per heavy atom. The van der Waals surface area contributed by atoms with Gasteiger partial charge in [0.2, 0.25) is 0 Å². The summed E-state index contributed by atoms with van der Waals surface area (Å²) in [5.41, 5.74) is 3.94. The quantitative estimate of drug-likeness (QED) is 0.640. The zero-order valence-electron chi connectivity index (χ0n) is 16.1. The number of phenols is 1. The third-order valence-electron chi connectivity index (χ3n) is 4.89. The molecule has 0 atom stereocenters. The fourth-order valence-electron chi connectivity index (χ4n) is 3.36. The van der Waals surface area contributed by atoms with E-state index < -0.39 is 0 Å². The minimum Gasteiger partial charge on any atom is -0.507 e. The van der Waals surface area contributed by atoms with Crippen LogP contribution in [-0.4, -0.2) is 23.0 Å². The minimum absolute atomic E-state index is 0.0945. The molecule has 1 aliphatic heterocycles. The normalized spacial score (nSPS) is 14.9. The highest BCUT2D eigenvalue weighted by atomic mass is 16.5. The Bertz CT molecular complexity index is 1080. The molecule has 0 saturated carbocycles. The van der Waals surface area contributed by atoms with Gasteiger partial charge in [-0.1, -0.05) is 48.5 Å². The molecule has 0 aromatic heterocycles. The van der Waals surface area contributed by atoms with E-state index in [0.29, 0.717) is 17.7 Å². The first kappa shape index (κ1) is 18.6. The van der Waals surface area contributed by atoms with Crippen molar-refractivity contribution in [2.45, 2.75) is 6.54 Å². The SMILES string of the molecule is COc1ccc(C2=C/C(=C\c3ccccc3O)C(=O)N2Cc2ccccc2)cc1. The van der Waals surface area contributed by atoms with Crippen LogP contribution in [0, 0.1) is 0 Å². The van der Waals surface area contributed by atoms with Crippen LogP contribution in [0.15, 0.2) is 90.5 Å². The molecular formula is C25H21NO3. The highest BCUT2D eigenvalue weighted by Crippen LogP contribution is 2.33. The van der Waals surface area contributed by atoms with E-state index in [1.807, 2.05) is 66.7 Å². The lowest BCUT2D eigenvalue weighted by Gasteiger charge is -2.21. The van der Waals surface area contributed by atoms with Crippen LogP contribution in [0.3, 0.4) is 0 Å². The smallest absolute Gasteiger partial charge is 0.258 e. The molecule has 0 aliphatic carbocycles. The van der Waals surface area contributed by atoms with Crippen molar-refractivity contribution in [1.29, 1.82) is 0 Å². The molecule has 0 unspecified atom stereocenters. The van der Waals surface area contributed by atoms with E-state index in [9.17, 15) is 9.90 Å². The van der Waals surface area contributed by atoms with Gasteiger partial charge in [-0.3, -0.25) is 4.79 Å². The number of amides is 1. The predicted molar refractivity (Wildman–Crippen MR) is 114 cm³/mol. The number of carbonyl (C=O) groups excluding carboxylic acids is 1. The second-order valence-electron chi connectivity index (χ2n) is 6.79. The predicted octanol–water partition coefficient (Wildman–Crippen LogP) is 4.87. The Balaban J connectivity index is 1.75. The number of phenolic OH excluding ortho intramolecular Hbond substituents is 1. The minimum atomic E-state index is -0.0945. The summed E-state index contributed by atoms with van der Waals surface area (Å²) in [6, 6.07) is 24.5. The van der Waals surface area contributed by atoms with Crippen molar-refractivity contribution < 1.29 is 14.6 Å². The first-order chi connectivity index (χ1) is 14.2. The van der Waals surface area contributed by atoms with Gasteiger partial charge >= 0.3 is 0 Å². The molecule has 0 radical (unpaired) electrons. The molecule has 4 nitrogen and oxygen atoms in total. The third kappa shape index (κ3) is 3.92. The molecule has 4 heteroatoms. The number of rotatable bonds is 5. The summed E-state index contributed by atoms with van der Waals surface area (Å²) in [5, 5.41) is 10.1. The molecule has 144 valence electrons. The van der Waals surface area contributed by atoms with Crippen LogP contribution in [0.4, 0.5) is 0 Å². The van der Waals surface area contributed by atoms with Gasteiger partial charge in [0.05, 0.1) is 19.4 Å². The van der Waals surface area contributed by atoms with Crippen LogP contribution < -0.4 is 4.74 Å². The van der Waals surface area contributed by atoms with Gasteiger partial charge in [-0.25, -0.2) is 0 Å². The van der Waals surface area contributed by atoms with Gasteiger partial charge in [0, 0.05) is 11.1 Å². The Morgan fingerprint density at radius 3 is 2.31 bits per heavy atom. The van der Waals surface area contributed by atoms with Gasteiger partial charge in [-0.05, 0) is 53.6 Å². The maximum atomic E-state index is 13.2. The maximum Gasteiger partial charge on any atom is 0.258 e. The highest BCUT2D eigenvalue weighted by molar-refractivity contribution is 6.10. The Labute approximate surface area is 170 Å². The topological polar surface area (TPSA) is 49.8 Å². The number of carbonyl (C=O) groups is 1. The van der Waals surface area contributed by atoms with E-state index in [-0.39, 0.29) is 11.7 Å². The number of hydrogen-bond donors (Lipinski definition) is 1. The molecule has 1 N–H and O–H groups in total. The molecule has 3 aromatic carbocycles. The van der Waals surface area contributed by atoms with Crippen LogP contribution in [0.5, 0.6) is 11.5 Å². The summed E-state index contributed by atoms with van der Waals surface area (Å²) in [6.07, 6.45) is 3.60. The lowest BCUT2D eigenvalue weighted by atomic mass is 10.1. The van der Waals surface area contributed by atoms with Gasteiger partial charge in [0.1, 0.15) is 11.5 Å². The first-order valence-corrected chi connectivity index (χ1v) is 9.37. The lowest BCUT2D eigenvalue weighted by molar-refractivity contribution is -0.123. The molecular weight excluding hydrogens is 362 g/mol. The first-order valence-electron chi connectivity index (χ1n) is 9.37. The molecule has 4 rings (SSSR count). The van der Waals surface area contributed by atoms with Gasteiger partial charge in [-0.2, -0.15) is 0 Å². The Morgan fingerprint density at radius 2 is 1.62 bits per heavy atom. The largest absolute Gasteiger partial charge is 0.507 e. The van der Waals surface area contributed by atoms with Crippen LogP contribution in [0.1, 0.15) is 16.7 Å². The van der Waals surface area contributed by atoms with E-state index in [0.717, 1.165) is 22.6 Å².